The lowest BCUT2D eigenvalue weighted by molar-refractivity contribution is -0.138. The molecule has 0 spiro atoms. The molecule has 1 aliphatic heterocycles. The molecule has 3 rings (SSSR count). The minimum Gasteiger partial charge on any atom is -0.320 e. The van der Waals surface area contributed by atoms with Gasteiger partial charge in [-0.2, -0.15) is 13.2 Å². The van der Waals surface area contributed by atoms with Crippen LogP contribution in [0.5, 0.6) is 0 Å². The molecule has 0 atom stereocenters. The Morgan fingerprint density at radius 3 is 2.60 bits per heavy atom. The maximum Gasteiger partial charge on any atom is 0.419 e. The zero-order chi connectivity index (χ0) is 17.9. The molecule has 1 aliphatic rings. The van der Waals surface area contributed by atoms with E-state index in [4.69, 9.17) is 0 Å². The molecule has 25 heavy (non-hydrogen) atoms. The number of anilines is 1. The molecule has 8 heteroatoms. The Bertz CT molecular complexity index is 790. The van der Waals surface area contributed by atoms with Gasteiger partial charge in [0.15, 0.2) is 0 Å². The first-order valence-corrected chi connectivity index (χ1v) is 7.63. The van der Waals surface area contributed by atoms with Gasteiger partial charge in [-0.15, -0.1) is 0 Å². The first kappa shape index (κ1) is 16.9. The van der Waals surface area contributed by atoms with Gasteiger partial charge in [-0.3, -0.25) is 0 Å². The van der Waals surface area contributed by atoms with Crippen LogP contribution in [0.25, 0.3) is 5.57 Å². The molecule has 0 saturated heterocycles. The highest BCUT2D eigenvalue weighted by Crippen LogP contribution is 2.34. The van der Waals surface area contributed by atoms with Gasteiger partial charge in [0.1, 0.15) is 6.33 Å². The number of amides is 2. The number of urea groups is 1. The Morgan fingerprint density at radius 1 is 1.20 bits per heavy atom. The van der Waals surface area contributed by atoms with Gasteiger partial charge >= 0.3 is 12.2 Å². The van der Waals surface area contributed by atoms with Crippen molar-refractivity contribution in [2.45, 2.75) is 12.6 Å². The Labute approximate surface area is 142 Å². The Morgan fingerprint density at radius 2 is 1.96 bits per heavy atom. The van der Waals surface area contributed by atoms with Crippen LogP contribution in [0.4, 0.5) is 23.7 Å². The molecular formula is C17H15F3N4O. The number of aromatic nitrogens is 2. The molecular weight excluding hydrogens is 333 g/mol. The number of rotatable bonds is 2. The van der Waals surface area contributed by atoms with Crippen molar-refractivity contribution in [2.75, 3.05) is 18.4 Å². The maximum atomic E-state index is 13.1. The van der Waals surface area contributed by atoms with Crippen LogP contribution in [0.2, 0.25) is 0 Å². The first-order valence-electron chi connectivity index (χ1n) is 7.63. The molecule has 0 fully saturated rings. The van der Waals surface area contributed by atoms with E-state index in [1.807, 2.05) is 6.07 Å². The fraction of sp³-hybridized carbons (Fsp3) is 0.235. The molecule has 1 aromatic carbocycles. The summed E-state index contributed by atoms with van der Waals surface area (Å²) in [6, 6.07) is 8.68. The van der Waals surface area contributed by atoms with E-state index in [9.17, 15) is 18.0 Å². The fourth-order valence-electron chi connectivity index (χ4n) is 2.59. The number of benzene rings is 1. The second kappa shape index (κ2) is 6.92. The van der Waals surface area contributed by atoms with Gasteiger partial charge in [-0.25, -0.2) is 14.8 Å². The number of carbonyl (C=O) groups excluding carboxylic acids is 1. The van der Waals surface area contributed by atoms with Gasteiger partial charge in [0.2, 0.25) is 0 Å². The van der Waals surface area contributed by atoms with Gasteiger partial charge in [0.25, 0.3) is 0 Å². The second-order valence-corrected chi connectivity index (χ2v) is 5.50. The van der Waals surface area contributed by atoms with Crippen LogP contribution in [0, 0.1) is 0 Å². The molecule has 5 nitrogen and oxygen atoms in total. The quantitative estimate of drug-likeness (QED) is 0.898. The smallest absolute Gasteiger partial charge is 0.320 e. The number of hydrogen-bond donors (Lipinski definition) is 1. The number of para-hydroxylation sites is 1. The van der Waals surface area contributed by atoms with Gasteiger partial charge in [0, 0.05) is 25.0 Å². The molecule has 2 heterocycles. The highest BCUT2D eigenvalue weighted by molar-refractivity contribution is 5.90. The fourth-order valence-corrected chi connectivity index (χ4v) is 2.59. The minimum absolute atomic E-state index is 0.120. The van der Waals surface area contributed by atoms with Crippen LogP contribution >= 0.6 is 0 Å². The molecule has 1 N–H and O–H groups in total. The van der Waals surface area contributed by atoms with Crippen molar-refractivity contribution in [3.63, 3.8) is 0 Å². The topological polar surface area (TPSA) is 58.1 Å². The zero-order valence-electron chi connectivity index (χ0n) is 13.1. The van der Waals surface area contributed by atoms with Crippen LogP contribution in [-0.2, 0) is 6.18 Å². The lowest BCUT2D eigenvalue weighted by Crippen LogP contribution is -2.38. The molecule has 2 aromatic rings. The third kappa shape index (κ3) is 3.96. The average molecular weight is 348 g/mol. The van der Waals surface area contributed by atoms with Gasteiger partial charge in [-0.05, 0) is 24.1 Å². The molecule has 2 amide bonds. The molecule has 130 valence electrons. The summed E-state index contributed by atoms with van der Waals surface area (Å²) < 4.78 is 39.2. The predicted octanol–water partition coefficient (Wildman–Crippen LogP) is 3.82. The van der Waals surface area contributed by atoms with Crippen molar-refractivity contribution < 1.29 is 18.0 Å². The molecule has 0 aliphatic carbocycles. The number of nitrogens with zero attached hydrogens (tertiary/aromatic N) is 3. The summed E-state index contributed by atoms with van der Waals surface area (Å²) in [5.74, 6) is 0. The lowest BCUT2D eigenvalue weighted by Gasteiger charge is -2.27. The van der Waals surface area contributed by atoms with Gasteiger partial charge < -0.3 is 10.2 Å². The Hall–Kier alpha value is -2.90. The summed E-state index contributed by atoms with van der Waals surface area (Å²) in [6.07, 6.45) is -0.745. The molecule has 1 aromatic heterocycles. The summed E-state index contributed by atoms with van der Waals surface area (Å²) in [4.78, 5) is 21.0. The standard InChI is InChI=1S/C17H15F3N4O/c18-17(19,20)14-10-21-11-22-15(14)12-6-8-24(9-7-12)16(25)23-13-4-2-1-3-5-13/h1-6,10-11H,7-9H2,(H,23,25). The SMILES string of the molecule is O=C(Nc1ccccc1)N1CC=C(c2ncncc2C(F)(F)F)CC1. The normalized spacial score (nSPS) is 14.8. The van der Waals surface area contributed by atoms with E-state index >= 15 is 0 Å². The second-order valence-electron chi connectivity index (χ2n) is 5.50. The van der Waals surface area contributed by atoms with E-state index in [1.165, 1.54) is 4.90 Å². The molecule has 0 bridgehead atoms. The highest BCUT2D eigenvalue weighted by Gasteiger charge is 2.35. The first-order chi connectivity index (χ1) is 11.9. The van der Waals surface area contributed by atoms with Crippen LogP contribution in [0.3, 0.4) is 0 Å². The highest BCUT2D eigenvalue weighted by atomic mass is 19.4. The predicted molar refractivity (Wildman–Crippen MR) is 86.7 cm³/mol. The monoisotopic (exact) mass is 348 g/mol. The Balaban J connectivity index is 1.72. The number of alkyl halides is 3. The van der Waals surface area contributed by atoms with E-state index < -0.39 is 11.7 Å². The van der Waals surface area contributed by atoms with Crippen molar-refractivity contribution in [3.8, 4) is 0 Å². The van der Waals surface area contributed by atoms with E-state index in [0.717, 1.165) is 12.5 Å². The van der Waals surface area contributed by atoms with Crippen LogP contribution in [-0.4, -0.2) is 34.0 Å². The Kier molecular flexibility index (Phi) is 4.69. The summed E-state index contributed by atoms with van der Waals surface area (Å²) in [5.41, 5.74) is 0.157. The lowest BCUT2D eigenvalue weighted by atomic mass is 10.0. The summed E-state index contributed by atoms with van der Waals surface area (Å²) in [7, 11) is 0. The van der Waals surface area contributed by atoms with E-state index in [1.54, 1.807) is 30.3 Å². The van der Waals surface area contributed by atoms with Crippen molar-refractivity contribution in [3.05, 3.63) is 60.2 Å². The third-order valence-corrected chi connectivity index (χ3v) is 3.84. The average Bonchev–Trinajstić information content (AvgIpc) is 2.62. The number of nitrogens with one attached hydrogen (secondary N) is 1. The van der Waals surface area contributed by atoms with E-state index in [2.05, 4.69) is 15.3 Å². The maximum absolute atomic E-state index is 13.1. The van der Waals surface area contributed by atoms with Crippen molar-refractivity contribution in [1.82, 2.24) is 14.9 Å². The van der Waals surface area contributed by atoms with E-state index in [-0.39, 0.29) is 18.3 Å². The zero-order valence-corrected chi connectivity index (χ0v) is 13.1. The summed E-state index contributed by atoms with van der Waals surface area (Å²) in [6.45, 7) is 0.529. The number of carbonyl (C=O) groups is 1. The van der Waals surface area contributed by atoms with Crippen molar-refractivity contribution >= 4 is 17.3 Å². The van der Waals surface area contributed by atoms with Crippen LogP contribution in [0.15, 0.2) is 48.9 Å². The summed E-state index contributed by atoms with van der Waals surface area (Å²) in [5, 5.41) is 2.75. The van der Waals surface area contributed by atoms with Crippen molar-refractivity contribution in [1.29, 1.82) is 0 Å². The third-order valence-electron chi connectivity index (χ3n) is 3.84. The van der Waals surface area contributed by atoms with Gasteiger partial charge in [-0.1, -0.05) is 24.3 Å². The van der Waals surface area contributed by atoms with Crippen molar-refractivity contribution in [2.24, 2.45) is 0 Å². The number of hydrogen-bond acceptors (Lipinski definition) is 3. The van der Waals surface area contributed by atoms with Crippen LogP contribution in [0.1, 0.15) is 17.7 Å². The molecule has 0 unspecified atom stereocenters. The minimum atomic E-state index is -4.51. The van der Waals surface area contributed by atoms with Crippen LogP contribution < -0.4 is 5.32 Å². The van der Waals surface area contributed by atoms with Gasteiger partial charge in [0.05, 0.1) is 11.3 Å². The largest absolute Gasteiger partial charge is 0.419 e. The number of halogens is 3. The molecule has 0 radical (unpaired) electrons. The molecule has 0 saturated carbocycles. The van der Waals surface area contributed by atoms with E-state index in [0.29, 0.717) is 24.2 Å². The summed E-state index contributed by atoms with van der Waals surface area (Å²) >= 11 is 0.